The van der Waals surface area contributed by atoms with Crippen molar-refractivity contribution in [3.8, 4) is 0 Å². The lowest BCUT2D eigenvalue weighted by Crippen LogP contribution is -2.38. The molecule has 1 aromatic rings. The van der Waals surface area contributed by atoms with Gasteiger partial charge in [-0.3, -0.25) is 0 Å². The molecule has 1 aliphatic heterocycles. The molecule has 110 valence electrons. The Morgan fingerprint density at radius 1 is 1.60 bits per heavy atom. The van der Waals surface area contributed by atoms with E-state index in [0.29, 0.717) is 36.9 Å². The molecule has 0 saturated carbocycles. The van der Waals surface area contributed by atoms with E-state index < -0.39 is 6.09 Å². The molecule has 0 unspecified atom stereocenters. The van der Waals surface area contributed by atoms with Crippen LogP contribution in [-0.2, 0) is 9.47 Å². The lowest BCUT2D eigenvalue weighted by Gasteiger charge is -2.27. The predicted octanol–water partition coefficient (Wildman–Crippen LogP) is -0.404. The van der Waals surface area contributed by atoms with Crippen LogP contribution >= 0.6 is 0 Å². The molecule has 2 rings (SSSR count). The highest BCUT2D eigenvalue weighted by Crippen LogP contribution is 2.11. The Morgan fingerprint density at radius 2 is 2.30 bits per heavy atom. The van der Waals surface area contributed by atoms with Gasteiger partial charge in [0, 0.05) is 19.2 Å². The molecule has 1 aliphatic rings. The molecule has 0 bridgehead atoms. The topological polar surface area (TPSA) is 115 Å². The summed E-state index contributed by atoms with van der Waals surface area (Å²) in [6, 6.07) is 1.47. The Bertz CT molecular complexity index is 550. The Hall–Kier alpha value is -2.29. The number of morpholine rings is 1. The van der Waals surface area contributed by atoms with Crippen LogP contribution in [0.1, 0.15) is 6.92 Å². The maximum Gasteiger partial charge on any atom is 0.435 e. The molecule has 9 nitrogen and oxygen atoms in total. The van der Waals surface area contributed by atoms with E-state index in [1.807, 2.05) is 4.90 Å². The van der Waals surface area contributed by atoms with Crippen LogP contribution in [0.3, 0.4) is 0 Å². The minimum Gasteiger partial charge on any atom is -0.448 e. The number of hydrogen-bond acceptors (Lipinski definition) is 7. The van der Waals surface area contributed by atoms with Crippen LogP contribution in [-0.4, -0.2) is 53.9 Å². The second-order valence-corrected chi connectivity index (χ2v) is 4.05. The molecule has 1 amide bonds. The number of ether oxygens (including phenoxy) is 2. The van der Waals surface area contributed by atoms with E-state index >= 15 is 0 Å². The lowest BCUT2D eigenvalue weighted by atomic mass is 10.4. The van der Waals surface area contributed by atoms with Crippen molar-refractivity contribution in [2.75, 3.05) is 43.5 Å². The zero-order valence-electron chi connectivity index (χ0n) is 11.2. The predicted molar refractivity (Wildman–Crippen MR) is 69.4 cm³/mol. The van der Waals surface area contributed by atoms with E-state index in [4.69, 9.17) is 15.2 Å². The molecule has 0 spiro atoms. The monoisotopic (exact) mass is 283 g/mol. The van der Waals surface area contributed by atoms with Crippen LogP contribution in [0, 0.1) is 0 Å². The molecule has 3 N–H and O–H groups in total. The Balaban J connectivity index is 2.36. The van der Waals surface area contributed by atoms with Gasteiger partial charge in [-0.2, -0.15) is 9.98 Å². The SMILES string of the molecule is CCOC(=O)N=c1cc(N2CCOCC2)nc(N)n1O. The van der Waals surface area contributed by atoms with Gasteiger partial charge in [-0.25, -0.2) is 4.79 Å². The normalized spacial score (nSPS) is 16.2. The first-order chi connectivity index (χ1) is 9.61. The van der Waals surface area contributed by atoms with E-state index in [2.05, 4.69) is 9.98 Å². The summed E-state index contributed by atoms with van der Waals surface area (Å²) in [7, 11) is 0. The van der Waals surface area contributed by atoms with E-state index in [1.54, 1.807) is 6.92 Å². The minimum atomic E-state index is -0.797. The largest absolute Gasteiger partial charge is 0.448 e. The van der Waals surface area contributed by atoms with Gasteiger partial charge in [0.15, 0.2) is 5.49 Å². The lowest BCUT2D eigenvalue weighted by molar-refractivity contribution is 0.122. The van der Waals surface area contributed by atoms with Gasteiger partial charge in [-0.05, 0) is 6.92 Å². The Morgan fingerprint density at radius 3 is 2.95 bits per heavy atom. The summed E-state index contributed by atoms with van der Waals surface area (Å²) in [5.41, 5.74) is 5.58. The molecule has 1 fully saturated rings. The van der Waals surface area contributed by atoms with Crippen LogP contribution in [0.5, 0.6) is 0 Å². The first kappa shape index (κ1) is 14.1. The smallest absolute Gasteiger partial charge is 0.435 e. The van der Waals surface area contributed by atoms with Crippen molar-refractivity contribution in [3.63, 3.8) is 0 Å². The van der Waals surface area contributed by atoms with E-state index in [0.717, 1.165) is 0 Å². The van der Waals surface area contributed by atoms with Crippen molar-refractivity contribution in [3.05, 3.63) is 11.6 Å². The summed E-state index contributed by atoms with van der Waals surface area (Å²) in [5.74, 6) is 0.371. The molecular weight excluding hydrogens is 266 g/mol. The molecule has 0 atom stereocenters. The number of anilines is 2. The molecular formula is C11H17N5O4. The van der Waals surface area contributed by atoms with Gasteiger partial charge in [0.2, 0.25) is 5.95 Å². The third kappa shape index (κ3) is 3.18. The van der Waals surface area contributed by atoms with Crippen LogP contribution in [0.25, 0.3) is 0 Å². The fourth-order valence-corrected chi connectivity index (χ4v) is 1.77. The second-order valence-electron chi connectivity index (χ2n) is 4.05. The third-order valence-corrected chi connectivity index (χ3v) is 2.73. The Kier molecular flexibility index (Phi) is 4.41. The summed E-state index contributed by atoms with van der Waals surface area (Å²) in [6.45, 7) is 4.34. The fourth-order valence-electron chi connectivity index (χ4n) is 1.77. The number of carbonyl (C=O) groups is 1. The quantitative estimate of drug-likeness (QED) is 0.709. The average Bonchev–Trinajstić information content (AvgIpc) is 2.45. The maximum atomic E-state index is 11.4. The number of hydrogen-bond donors (Lipinski definition) is 2. The number of nitrogens with two attached hydrogens (primary N) is 1. The highest BCUT2D eigenvalue weighted by molar-refractivity contribution is 5.68. The molecule has 2 heterocycles. The zero-order valence-corrected chi connectivity index (χ0v) is 11.2. The van der Waals surface area contributed by atoms with Crippen molar-refractivity contribution in [2.24, 2.45) is 4.99 Å². The number of nitrogen functional groups attached to an aromatic ring is 1. The van der Waals surface area contributed by atoms with Crippen LogP contribution in [0.2, 0.25) is 0 Å². The highest BCUT2D eigenvalue weighted by atomic mass is 16.5. The van der Waals surface area contributed by atoms with E-state index in [1.165, 1.54) is 6.07 Å². The first-order valence-corrected chi connectivity index (χ1v) is 6.25. The van der Waals surface area contributed by atoms with Gasteiger partial charge in [-0.1, -0.05) is 0 Å². The molecule has 1 aromatic heterocycles. The zero-order chi connectivity index (χ0) is 14.5. The first-order valence-electron chi connectivity index (χ1n) is 6.25. The van der Waals surface area contributed by atoms with E-state index in [-0.39, 0.29) is 18.0 Å². The van der Waals surface area contributed by atoms with Crippen LogP contribution in [0.15, 0.2) is 11.1 Å². The minimum absolute atomic E-state index is 0.0301. The van der Waals surface area contributed by atoms with Crippen molar-refractivity contribution in [2.45, 2.75) is 6.92 Å². The van der Waals surface area contributed by atoms with Gasteiger partial charge in [-0.15, -0.1) is 4.73 Å². The van der Waals surface area contributed by atoms with Gasteiger partial charge < -0.3 is 25.3 Å². The molecule has 9 heteroatoms. The standard InChI is InChI=1S/C11H17N5O4/c1-2-20-11(17)14-9-7-8(13-10(12)16(9)18)15-3-5-19-6-4-15/h7,18H,2-6H2,1H3,(H2,12,13). The number of aromatic nitrogens is 2. The van der Waals surface area contributed by atoms with Crippen molar-refractivity contribution < 1.29 is 19.5 Å². The second kappa shape index (κ2) is 6.24. The fraction of sp³-hybridized carbons (Fsp3) is 0.545. The number of nitrogens with zero attached hydrogens (tertiary/aromatic N) is 4. The van der Waals surface area contributed by atoms with Gasteiger partial charge in [0.1, 0.15) is 5.82 Å². The molecule has 0 aromatic carbocycles. The summed E-state index contributed by atoms with van der Waals surface area (Å²) in [6.07, 6.45) is -0.797. The molecule has 0 aliphatic carbocycles. The molecule has 0 radical (unpaired) electrons. The number of rotatable bonds is 2. The van der Waals surface area contributed by atoms with Crippen LogP contribution in [0.4, 0.5) is 16.6 Å². The molecule has 20 heavy (non-hydrogen) atoms. The molecule has 1 saturated heterocycles. The van der Waals surface area contributed by atoms with E-state index in [9.17, 15) is 10.0 Å². The average molecular weight is 283 g/mol. The Labute approximate surface area is 115 Å². The number of carbonyl (C=O) groups excluding carboxylic acids is 1. The maximum absolute atomic E-state index is 11.4. The highest BCUT2D eigenvalue weighted by Gasteiger charge is 2.15. The van der Waals surface area contributed by atoms with Crippen LogP contribution < -0.4 is 16.1 Å². The van der Waals surface area contributed by atoms with Gasteiger partial charge >= 0.3 is 6.09 Å². The van der Waals surface area contributed by atoms with Crippen molar-refractivity contribution in [1.29, 1.82) is 0 Å². The number of amides is 1. The summed E-state index contributed by atoms with van der Waals surface area (Å²) >= 11 is 0. The van der Waals surface area contributed by atoms with Gasteiger partial charge in [0.05, 0.1) is 19.8 Å². The van der Waals surface area contributed by atoms with Crippen molar-refractivity contribution in [1.82, 2.24) is 9.71 Å². The summed E-state index contributed by atoms with van der Waals surface area (Å²) < 4.78 is 10.5. The summed E-state index contributed by atoms with van der Waals surface area (Å²) in [4.78, 5) is 21.0. The van der Waals surface area contributed by atoms with Crippen molar-refractivity contribution >= 4 is 17.9 Å². The van der Waals surface area contributed by atoms with Gasteiger partial charge in [0.25, 0.3) is 0 Å². The summed E-state index contributed by atoms with van der Waals surface area (Å²) in [5, 5.41) is 9.72. The third-order valence-electron chi connectivity index (χ3n) is 2.73.